The highest BCUT2D eigenvalue weighted by atomic mass is 16.3. The van der Waals surface area contributed by atoms with Crippen molar-refractivity contribution in [3.63, 3.8) is 0 Å². The lowest BCUT2D eigenvalue weighted by atomic mass is 9.81. The molecular formula is C15H29N3O2. The largest absolute Gasteiger partial charge is 0.395 e. The lowest BCUT2D eigenvalue weighted by Gasteiger charge is -2.33. The number of aliphatic hydroxyl groups excluding tert-OH is 1. The van der Waals surface area contributed by atoms with Gasteiger partial charge in [-0.25, -0.2) is 0 Å². The van der Waals surface area contributed by atoms with Crippen molar-refractivity contribution < 1.29 is 9.90 Å². The van der Waals surface area contributed by atoms with Gasteiger partial charge in [0.2, 0.25) is 5.91 Å². The second kappa shape index (κ2) is 7.38. The molecule has 0 aliphatic carbocycles. The monoisotopic (exact) mass is 283 g/mol. The number of hydrogen-bond donors (Lipinski definition) is 2. The maximum Gasteiger partial charge on any atom is 0.230 e. The molecule has 0 spiro atoms. The first kappa shape index (κ1) is 15.7. The van der Waals surface area contributed by atoms with Crippen molar-refractivity contribution in [2.75, 3.05) is 52.4 Å². The SMILES string of the molecule is CCCC1(C(=O)N2CCCN(CCO)CC2)CCNC1. The summed E-state index contributed by atoms with van der Waals surface area (Å²) < 4.78 is 0. The van der Waals surface area contributed by atoms with E-state index in [9.17, 15) is 4.79 Å². The number of β-amino-alcohol motifs (C(OH)–C–C–N with tert-alkyl or cyclic N) is 1. The van der Waals surface area contributed by atoms with Crippen LogP contribution in [0.15, 0.2) is 0 Å². The third-order valence-corrected chi connectivity index (χ3v) is 4.72. The van der Waals surface area contributed by atoms with E-state index >= 15 is 0 Å². The van der Waals surface area contributed by atoms with Gasteiger partial charge in [0.1, 0.15) is 0 Å². The smallest absolute Gasteiger partial charge is 0.230 e. The normalized spacial score (nSPS) is 28.6. The standard InChI is InChI=1S/C15H29N3O2/c1-2-4-15(5-6-16-13-15)14(20)18-8-3-7-17(9-10-18)11-12-19/h16,19H,2-13H2,1H3. The Bertz CT molecular complexity index is 316. The summed E-state index contributed by atoms with van der Waals surface area (Å²) in [7, 11) is 0. The predicted octanol–water partition coefficient (Wildman–Crippen LogP) is 0.293. The summed E-state index contributed by atoms with van der Waals surface area (Å²) in [6.07, 6.45) is 4.06. The van der Waals surface area contributed by atoms with Gasteiger partial charge in [0, 0.05) is 32.7 Å². The van der Waals surface area contributed by atoms with E-state index in [4.69, 9.17) is 5.11 Å². The Balaban J connectivity index is 1.97. The van der Waals surface area contributed by atoms with E-state index in [1.165, 1.54) is 0 Å². The molecule has 0 saturated carbocycles. The Labute approximate surface area is 122 Å². The summed E-state index contributed by atoms with van der Waals surface area (Å²) in [6, 6.07) is 0. The van der Waals surface area contributed by atoms with E-state index in [2.05, 4.69) is 22.0 Å². The highest BCUT2D eigenvalue weighted by Crippen LogP contribution is 2.33. The molecule has 116 valence electrons. The fraction of sp³-hybridized carbons (Fsp3) is 0.933. The molecule has 0 aromatic carbocycles. The molecular weight excluding hydrogens is 254 g/mol. The molecule has 2 heterocycles. The molecule has 1 atom stereocenters. The fourth-order valence-corrected chi connectivity index (χ4v) is 3.60. The van der Waals surface area contributed by atoms with Gasteiger partial charge in [0.25, 0.3) is 0 Å². The number of carbonyl (C=O) groups is 1. The van der Waals surface area contributed by atoms with Crippen molar-refractivity contribution in [2.24, 2.45) is 5.41 Å². The first-order chi connectivity index (χ1) is 9.72. The van der Waals surface area contributed by atoms with Gasteiger partial charge in [-0.2, -0.15) is 0 Å². The molecule has 2 fully saturated rings. The van der Waals surface area contributed by atoms with Crippen molar-refractivity contribution >= 4 is 5.91 Å². The van der Waals surface area contributed by atoms with Crippen LogP contribution in [0.3, 0.4) is 0 Å². The average molecular weight is 283 g/mol. The number of amides is 1. The van der Waals surface area contributed by atoms with Crippen molar-refractivity contribution in [3.05, 3.63) is 0 Å². The molecule has 20 heavy (non-hydrogen) atoms. The molecule has 2 N–H and O–H groups in total. The van der Waals surface area contributed by atoms with Crippen LogP contribution in [0, 0.1) is 5.41 Å². The average Bonchev–Trinajstić information content (AvgIpc) is 2.79. The predicted molar refractivity (Wildman–Crippen MR) is 79.6 cm³/mol. The zero-order valence-corrected chi connectivity index (χ0v) is 12.7. The minimum Gasteiger partial charge on any atom is -0.395 e. The molecule has 2 aliphatic rings. The molecule has 1 amide bonds. The molecule has 5 heteroatoms. The Hall–Kier alpha value is -0.650. The van der Waals surface area contributed by atoms with Gasteiger partial charge in [-0.15, -0.1) is 0 Å². The van der Waals surface area contributed by atoms with Gasteiger partial charge in [-0.3, -0.25) is 9.69 Å². The summed E-state index contributed by atoms with van der Waals surface area (Å²) in [6.45, 7) is 8.47. The summed E-state index contributed by atoms with van der Waals surface area (Å²) >= 11 is 0. The zero-order chi connectivity index (χ0) is 14.4. The molecule has 0 radical (unpaired) electrons. The third-order valence-electron chi connectivity index (χ3n) is 4.72. The summed E-state index contributed by atoms with van der Waals surface area (Å²) in [5.41, 5.74) is -0.152. The molecule has 0 aromatic rings. The zero-order valence-electron chi connectivity index (χ0n) is 12.7. The Kier molecular flexibility index (Phi) is 5.81. The number of nitrogens with one attached hydrogen (secondary N) is 1. The van der Waals surface area contributed by atoms with Crippen LogP contribution in [0.4, 0.5) is 0 Å². The van der Waals surface area contributed by atoms with E-state index in [0.29, 0.717) is 5.91 Å². The summed E-state index contributed by atoms with van der Waals surface area (Å²) in [4.78, 5) is 17.3. The van der Waals surface area contributed by atoms with Crippen LogP contribution in [0.2, 0.25) is 0 Å². The number of nitrogens with zero attached hydrogens (tertiary/aromatic N) is 2. The molecule has 0 aromatic heterocycles. The Morgan fingerprint density at radius 1 is 1.30 bits per heavy atom. The number of hydrogen-bond acceptors (Lipinski definition) is 4. The second-order valence-corrected chi connectivity index (χ2v) is 6.17. The highest BCUT2D eigenvalue weighted by Gasteiger charge is 2.42. The summed E-state index contributed by atoms with van der Waals surface area (Å²) in [5, 5.41) is 12.4. The van der Waals surface area contributed by atoms with E-state index in [-0.39, 0.29) is 12.0 Å². The molecule has 2 saturated heterocycles. The van der Waals surface area contributed by atoms with Crippen LogP contribution in [0.5, 0.6) is 0 Å². The van der Waals surface area contributed by atoms with Crippen molar-refractivity contribution in [1.29, 1.82) is 0 Å². The van der Waals surface area contributed by atoms with Gasteiger partial charge < -0.3 is 15.3 Å². The minimum atomic E-state index is -0.152. The van der Waals surface area contributed by atoms with Crippen LogP contribution in [0.1, 0.15) is 32.6 Å². The number of rotatable bonds is 5. The lowest BCUT2D eigenvalue weighted by Crippen LogP contribution is -2.46. The lowest BCUT2D eigenvalue weighted by molar-refractivity contribution is -0.141. The second-order valence-electron chi connectivity index (χ2n) is 6.17. The molecule has 2 rings (SSSR count). The first-order valence-electron chi connectivity index (χ1n) is 8.05. The van der Waals surface area contributed by atoms with Crippen LogP contribution < -0.4 is 5.32 Å². The van der Waals surface area contributed by atoms with Crippen LogP contribution in [0.25, 0.3) is 0 Å². The molecule has 1 unspecified atom stereocenters. The number of carbonyl (C=O) groups excluding carboxylic acids is 1. The number of aliphatic hydroxyl groups is 1. The van der Waals surface area contributed by atoms with E-state index in [1.807, 2.05) is 0 Å². The van der Waals surface area contributed by atoms with Gasteiger partial charge >= 0.3 is 0 Å². The summed E-state index contributed by atoms with van der Waals surface area (Å²) in [5.74, 6) is 0.357. The third kappa shape index (κ3) is 3.51. The fourth-order valence-electron chi connectivity index (χ4n) is 3.60. The quantitative estimate of drug-likeness (QED) is 0.762. The van der Waals surface area contributed by atoms with Crippen LogP contribution in [-0.4, -0.2) is 73.2 Å². The first-order valence-corrected chi connectivity index (χ1v) is 8.05. The van der Waals surface area contributed by atoms with E-state index < -0.39 is 0 Å². The van der Waals surface area contributed by atoms with Gasteiger partial charge in [0.15, 0.2) is 0 Å². The van der Waals surface area contributed by atoms with Crippen molar-refractivity contribution in [1.82, 2.24) is 15.1 Å². The molecule has 0 bridgehead atoms. The van der Waals surface area contributed by atoms with Gasteiger partial charge in [-0.05, 0) is 32.4 Å². The Morgan fingerprint density at radius 3 is 2.80 bits per heavy atom. The van der Waals surface area contributed by atoms with Crippen molar-refractivity contribution in [3.8, 4) is 0 Å². The molecule has 5 nitrogen and oxygen atoms in total. The topological polar surface area (TPSA) is 55.8 Å². The van der Waals surface area contributed by atoms with E-state index in [1.54, 1.807) is 0 Å². The minimum absolute atomic E-state index is 0.152. The van der Waals surface area contributed by atoms with Crippen LogP contribution in [-0.2, 0) is 4.79 Å². The Morgan fingerprint density at radius 2 is 2.15 bits per heavy atom. The molecule has 2 aliphatic heterocycles. The van der Waals surface area contributed by atoms with Gasteiger partial charge in [-0.1, -0.05) is 13.3 Å². The van der Waals surface area contributed by atoms with Crippen molar-refractivity contribution in [2.45, 2.75) is 32.6 Å². The van der Waals surface area contributed by atoms with Gasteiger partial charge in [0.05, 0.1) is 12.0 Å². The van der Waals surface area contributed by atoms with Crippen LogP contribution >= 0.6 is 0 Å². The highest BCUT2D eigenvalue weighted by molar-refractivity contribution is 5.83. The maximum absolute atomic E-state index is 12.9. The maximum atomic E-state index is 12.9. The van der Waals surface area contributed by atoms with E-state index in [0.717, 1.165) is 71.5 Å².